The third kappa shape index (κ3) is 3.21. The second kappa shape index (κ2) is 4.74. The van der Waals surface area contributed by atoms with E-state index < -0.39 is 5.97 Å². The van der Waals surface area contributed by atoms with Crippen molar-refractivity contribution in [1.82, 2.24) is 0 Å². The highest BCUT2D eigenvalue weighted by atomic mass is 16.5. The third-order valence-electron chi connectivity index (χ3n) is 3.13. The van der Waals surface area contributed by atoms with Crippen LogP contribution in [0.2, 0.25) is 0 Å². The molecule has 1 N–H and O–H groups in total. The lowest BCUT2D eigenvalue weighted by atomic mass is 9.81. The van der Waals surface area contributed by atoms with E-state index in [1.165, 1.54) is 0 Å². The summed E-state index contributed by atoms with van der Waals surface area (Å²) in [5, 5.41) is 9.22. The molecule has 1 fully saturated rings. The molecule has 0 aliphatic carbocycles. The molecule has 94 valence electrons. The number of carbonyl (C=O) groups is 1. The van der Waals surface area contributed by atoms with E-state index in [0.29, 0.717) is 12.3 Å². The Hall–Kier alpha value is -0.570. The van der Waals surface area contributed by atoms with Crippen molar-refractivity contribution >= 4 is 5.97 Å². The third-order valence-corrected chi connectivity index (χ3v) is 3.13. The summed E-state index contributed by atoms with van der Waals surface area (Å²) in [7, 11) is 0. The molecule has 0 spiro atoms. The van der Waals surface area contributed by atoms with Crippen LogP contribution in [0.3, 0.4) is 0 Å². The Morgan fingerprint density at radius 3 is 2.31 bits per heavy atom. The minimum atomic E-state index is -0.716. The SMILES string of the molecule is CC(C)CC1CC(C(=O)O)C(C(C)(C)C)O1. The van der Waals surface area contributed by atoms with Crippen LogP contribution in [0.1, 0.15) is 47.5 Å². The van der Waals surface area contributed by atoms with Gasteiger partial charge in [0.25, 0.3) is 0 Å². The molecule has 3 unspecified atom stereocenters. The Balaban J connectivity index is 2.72. The van der Waals surface area contributed by atoms with E-state index in [9.17, 15) is 9.90 Å². The van der Waals surface area contributed by atoms with Gasteiger partial charge < -0.3 is 9.84 Å². The van der Waals surface area contributed by atoms with Crippen LogP contribution in [-0.4, -0.2) is 23.3 Å². The zero-order valence-electron chi connectivity index (χ0n) is 11.0. The quantitative estimate of drug-likeness (QED) is 0.807. The fraction of sp³-hybridized carbons (Fsp3) is 0.923. The number of aliphatic carboxylic acids is 1. The van der Waals surface area contributed by atoms with Crippen molar-refractivity contribution < 1.29 is 14.6 Å². The predicted molar refractivity (Wildman–Crippen MR) is 63.3 cm³/mol. The van der Waals surface area contributed by atoms with E-state index in [1.54, 1.807) is 0 Å². The number of hydrogen-bond acceptors (Lipinski definition) is 2. The van der Waals surface area contributed by atoms with Gasteiger partial charge in [-0.1, -0.05) is 34.6 Å². The zero-order valence-corrected chi connectivity index (χ0v) is 11.0. The van der Waals surface area contributed by atoms with E-state index in [-0.39, 0.29) is 23.5 Å². The maximum Gasteiger partial charge on any atom is 0.309 e. The molecule has 16 heavy (non-hydrogen) atoms. The molecule has 0 aromatic heterocycles. The molecule has 1 rings (SSSR count). The molecule has 1 aliphatic rings. The first-order valence-electron chi connectivity index (χ1n) is 6.10. The van der Waals surface area contributed by atoms with E-state index >= 15 is 0 Å². The van der Waals surface area contributed by atoms with Gasteiger partial charge in [0, 0.05) is 0 Å². The maximum absolute atomic E-state index is 11.2. The first-order valence-corrected chi connectivity index (χ1v) is 6.10. The molecule has 1 aliphatic heterocycles. The average Bonchev–Trinajstić information content (AvgIpc) is 2.45. The molecular formula is C13H24O3. The Kier molecular flexibility index (Phi) is 4.00. The topological polar surface area (TPSA) is 46.5 Å². The molecule has 0 saturated carbocycles. The van der Waals surface area contributed by atoms with Gasteiger partial charge >= 0.3 is 5.97 Å². The minimum absolute atomic E-state index is 0.102. The lowest BCUT2D eigenvalue weighted by Gasteiger charge is -2.29. The summed E-state index contributed by atoms with van der Waals surface area (Å²) in [5.41, 5.74) is -0.102. The second-order valence-electron chi connectivity index (χ2n) is 6.35. The lowest BCUT2D eigenvalue weighted by molar-refractivity contribution is -0.146. The number of ether oxygens (including phenoxy) is 1. The number of carboxylic acid groups (broad SMARTS) is 1. The standard InChI is InChI=1S/C13H24O3/c1-8(2)6-9-7-10(12(14)15)11(16-9)13(3,4)5/h8-11H,6-7H2,1-5H3,(H,14,15). The highest BCUT2D eigenvalue weighted by Gasteiger charge is 2.45. The molecule has 3 atom stereocenters. The first kappa shape index (κ1) is 13.5. The molecule has 1 saturated heterocycles. The maximum atomic E-state index is 11.2. The molecule has 3 heteroatoms. The Morgan fingerprint density at radius 2 is 2.00 bits per heavy atom. The Labute approximate surface area is 98.2 Å². The summed E-state index contributed by atoms with van der Waals surface area (Å²) >= 11 is 0. The molecule has 0 amide bonds. The molecule has 3 nitrogen and oxygen atoms in total. The number of rotatable bonds is 3. The van der Waals surface area contributed by atoms with Crippen molar-refractivity contribution in [3.8, 4) is 0 Å². The van der Waals surface area contributed by atoms with Gasteiger partial charge in [0.1, 0.15) is 0 Å². The summed E-state index contributed by atoms with van der Waals surface area (Å²) < 4.78 is 5.93. The summed E-state index contributed by atoms with van der Waals surface area (Å²) in [6, 6.07) is 0. The van der Waals surface area contributed by atoms with E-state index in [2.05, 4.69) is 13.8 Å². The molecule has 1 heterocycles. The Morgan fingerprint density at radius 1 is 1.44 bits per heavy atom. The van der Waals surface area contributed by atoms with Crippen LogP contribution in [0.5, 0.6) is 0 Å². The van der Waals surface area contributed by atoms with Crippen LogP contribution < -0.4 is 0 Å². The monoisotopic (exact) mass is 228 g/mol. The highest BCUT2D eigenvalue weighted by Crippen LogP contribution is 2.39. The van der Waals surface area contributed by atoms with Gasteiger partial charge in [-0.25, -0.2) is 0 Å². The van der Waals surface area contributed by atoms with E-state index in [0.717, 1.165) is 6.42 Å². The van der Waals surface area contributed by atoms with Crippen LogP contribution in [-0.2, 0) is 9.53 Å². The largest absolute Gasteiger partial charge is 0.481 e. The van der Waals surface area contributed by atoms with Crippen molar-refractivity contribution in [2.24, 2.45) is 17.3 Å². The summed E-state index contributed by atoms with van der Waals surface area (Å²) in [4.78, 5) is 11.2. The van der Waals surface area contributed by atoms with Gasteiger partial charge in [0.15, 0.2) is 0 Å². The van der Waals surface area contributed by atoms with Gasteiger partial charge in [0.05, 0.1) is 18.1 Å². The van der Waals surface area contributed by atoms with Gasteiger partial charge in [-0.3, -0.25) is 4.79 Å². The molecule has 0 aromatic carbocycles. The van der Waals surface area contributed by atoms with Crippen LogP contribution in [0.15, 0.2) is 0 Å². The molecular weight excluding hydrogens is 204 g/mol. The normalized spacial score (nSPS) is 31.0. The van der Waals surface area contributed by atoms with Gasteiger partial charge in [-0.2, -0.15) is 0 Å². The van der Waals surface area contributed by atoms with Crippen LogP contribution >= 0.6 is 0 Å². The van der Waals surface area contributed by atoms with Crippen LogP contribution in [0.4, 0.5) is 0 Å². The van der Waals surface area contributed by atoms with Crippen molar-refractivity contribution in [2.45, 2.75) is 59.7 Å². The van der Waals surface area contributed by atoms with E-state index in [1.807, 2.05) is 20.8 Å². The summed E-state index contributed by atoms with van der Waals surface area (Å²) in [6.45, 7) is 10.4. The van der Waals surface area contributed by atoms with Crippen molar-refractivity contribution in [3.63, 3.8) is 0 Å². The summed E-state index contributed by atoms with van der Waals surface area (Å²) in [5.74, 6) is -0.506. The fourth-order valence-corrected chi connectivity index (χ4v) is 2.48. The number of carboxylic acids is 1. The molecule has 0 aromatic rings. The fourth-order valence-electron chi connectivity index (χ4n) is 2.48. The van der Waals surface area contributed by atoms with Gasteiger partial charge in [0.2, 0.25) is 0 Å². The van der Waals surface area contributed by atoms with Gasteiger partial charge in [-0.05, 0) is 24.2 Å². The van der Waals surface area contributed by atoms with Crippen molar-refractivity contribution in [3.05, 3.63) is 0 Å². The van der Waals surface area contributed by atoms with Crippen molar-refractivity contribution in [1.29, 1.82) is 0 Å². The summed E-state index contributed by atoms with van der Waals surface area (Å²) in [6.07, 6.45) is 1.57. The lowest BCUT2D eigenvalue weighted by Crippen LogP contribution is -2.35. The van der Waals surface area contributed by atoms with Crippen molar-refractivity contribution in [2.75, 3.05) is 0 Å². The number of hydrogen-bond donors (Lipinski definition) is 1. The Bertz CT molecular complexity index is 252. The van der Waals surface area contributed by atoms with E-state index in [4.69, 9.17) is 4.74 Å². The first-order chi connectivity index (χ1) is 7.21. The molecule has 0 radical (unpaired) electrons. The average molecular weight is 228 g/mol. The van der Waals surface area contributed by atoms with Gasteiger partial charge in [-0.15, -0.1) is 0 Å². The smallest absolute Gasteiger partial charge is 0.309 e. The van der Waals surface area contributed by atoms with Crippen LogP contribution in [0.25, 0.3) is 0 Å². The second-order valence-corrected chi connectivity index (χ2v) is 6.35. The zero-order chi connectivity index (χ0) is 12.5. The minimum Gasteiger partial charge on any atom is -0.481 e. The molecule has 0 bridgehead atoms. The predicted octanol–water partition coefficient (Wildman–Crippen LogP) is 2.94. The highest BCUT2D eigenvalue weighted by molar-refractivity contribution is 5.71. The van der Waals surface area contributed by atoms with Crippen LogP contribution in [0, 0.1) is 17.3 Å².